The Kier molecular flexibility index (Phi) is 12.0. The number of carbonyl (C=O) groups excluding carboxylic acids is 2. The standard InChI is InChI=1S/C31H39N3O6S/c1-34(41(2,39)40)21-29(31(37)33-38)28(30(36)32-27(22-35)20-24-10-5-3-6-11-24)15-9-12-23-16-18-26(19-17-23)25-13-7-4-8-14-25/h3-8,10-11,13-14,16-19,27-29,35,38H,9,12,15,20-22H2,1-2H3,(H,32,36)(H,33,37)/t27-,28?,29-/m0/s1. The molecule has 220 valence electrons. The minimum Gasteiger partial charge on any atom is -0.394 e. The summed E-state index contributed by atoms with van der Waals surface area (Å²) < 4.78 is 25.2. The minimum atomic E-state index is -3.66. The Morgan fingerprint density at radius 3 is 1.98 bits per heavy atom. The summed E-state index contributed by atoms with van der Waals surface area (Å²) >= 11 is 0. The molecule has 0 spiro atoms. The zero-order valence-electron chi connectivity index (χ0n) is 23.4. The lowest BCUT2D eigenvalue weighted by molar-refractivity contribution is -0.141. The molecule has 41 heavy (non-hydrogen) atoms. The van der Waals surface area contributed by atoms with E-state index in [1.54, 1.807) is 5.48 Å². The number of hydroxylamine groups is 1. The van der Waals surface area contributed by atoms with Crippen molar-refractivity contribution >= 4 is 21.8 Å². The lowest BCUT2D eigenvalue weighted by atomic mass is 9.85. The number of hydrogen-bond donors (Lipinski definition) is 4. The average molecular weight is 582 g/mol. The molecule has 0 heterocycles. The van der Waals surface area contributed by atoms with Crippen molar-refractivity contribution in [3.63, 3.8) is 0 Å². The normalized spacial score (nSPS) is 13.8. The molecule has 0 aliphatic rings. The summed E-state index contributed by atoms with van der Waals surface area (Å²) in [5.41, 5.74) is 5.77. The van der Waals surface area contributed by atoms with E-state index in [4.69, 9.17) is 0 Å². The Labute approximate surface area is 242 Å². The van der Waals surface area contributed by atoms with Crippen molar-refractivity contribution < 1.29 is 28.3 Å². The van der Waals surface area contributed by atoms with Gasteiger partial charge < -0.3 is 10.4 Å². The van der Waals surface area contributed by atoms with E-state index < -0.39 is 39.7 Å². The van der Waals surface area contributed by atoms with E-state index >= 15 is 0 Å². The third kappa shape index (κ3) is 9.79. The molecule has 10 heteroatoms. The molecular formula is C31H39N3O6S. The summed E-state index contributed by atoms with van der Waals surface area (Å²) in [6.45, 7) is -0.612. The van der Waals surface area contributed by atoms with Gasteiger partial charge in [-0.3, -0.25) is 14.8 Å². The highest BCUT2D eigenvalue weighted by Crippen LogP contribution is 2.24. The molecule has 4 N–H and O–H groups in total. The molecule has 0 saturated carbocycles. The maximum Gasteiger partial charge on any atom is 0.248 e. The van der Waals surface area contributed by atoms with Crippen molar-refractivity contribution in [2.75, 3.05) is 26.5 Å². The summed E-state index contributed by atoms with van der Waals surface area (Å²) in [5.74, 6) is -3.46. The second kappa shape index (κ2) is 15.4. The van der Waals surface area contributed by atoms with E-state index in [0.717, 1.165) is 32.8 Å². The fourth-order valence-corrected chi connectivity index (χ4v) is 5.22. The van der Waals surface area contributed by atoms with Gasteiger partial charge in [0.25, 0.3) is 0 Å². The van der Waals surface area contributed by atoms with Crippen LogP contribution in [0.25, 0.3) is 11.1 Å². The van der Waals surface area contributed by atoms with Crippen LogP contribution >= 0.6 is 0 Å². The predicted octanol–water partition coefficient (Wildman–Crippen LogP) is 3.03. The number of sulfonamides is 1. The Morgan fingerprint density at radius 2 is 1.41 bits per heavy atom. The smallest absolute Gasteiger partial charge is 0.248 e. The Hall–Kier alpha value is -3.57. The summed E-state index contributed by atoms with van der Waals surface area (Å²) in [7, 11) is -2.34. The molecule has 3 rings (SSSR count). The van der Waals surface area contributed by atoms with Crippen molar-refractivity contribution in [1.29, 1.82) is 0 Å². The highest BCUT2D eigenvalue weighted by Gasteiger charge is 2.36. The Morgan fingerprint density at radius 1 is 0.829 bits per heavy atom. The number of nitrogens with one attached hydrogen (secondary N) is 2. The molecule has 2 amide bonds. The molecule has 0 aliphatic carbocycles. The molecule has 1 unspecified atom stereocenters. The van der Waals surface area contributed by atoms with Gasteiger partial charge in [-0.05, 0) is 47.9 Å². The lowest BCUT2D eigenvalue weighted by Gasteiger charge is -2.29. The van der Waals surface area contributed by atoms with Crippen LogP contribution in [0.3, 0.4) is 0 Å². The number of aliphatic hydroxyl groups excluding tert-OH is 1. The maximum atomic E-state index is 13.6. The topological polar surface area (TPSA) is 136 Å². The molecule has 0 saturated heterocycles. The number of carbonyl (C=O) groups is 2. The van der Waals surface area contributed by atoms with Gasteiger partial charge in [-0.1, -0.05) is 84.9 Å². The van der Waals surface area contributed by atoms with Gasteiger partial charge in [0, 0.05) is 13.6 Å². The van der Waals surface area contributed by atoms with Gasteiger partial charge in [0.1, 0.15) is 0 Å². The van der Waals surface area contributed by atoms with E-state index in [0.29, 0.717) is 19.3 Å². The van der Waals surface area contributed by atoms with Gasteiger partial charge in [0.2, 0.25) is 21.8 Å². The third-order valence-electron chi connectivity index (χ3n) is 7.22. The van der Waals surface area contributed by atoms with E-state index in [9.17, 15) is 28.3 Å². The van der Waals surface area contributed by atoms with Gasteiger partial charge >= 0.3 is 0 Å². The third-order valence-corrected chi connectivity index (χ3v) is 8.50. The van der Waals surface area contributed by atoms with Crippen LogP contribution in [0, 0.1) is 11.8 Å². The van der Waals surface area contributed by atoms with Gasteiger partial charge in [-0.15, -0.1) is 0 Å². The fraction of sp³-hybridized carbons (Fsp3) is 0.355. The number of benzene rings is 3. The first-order valence-electron chi connectivity index (χ1n) is 13.6. The zero-order chi connectivity index (χ0) is 29.8. The first-order chi connectivity index (χ1) is 19.6. The number of aryl methyl sites for hydroxylation is 1. The van der Waals surface area contributed by atoms with Crippen LogP contribution < -0.4 is 10.8 Å². The lowest BCUT2D eigenvalue weighted by Crippen LogP contribution is -2.49. The second-order valence-electron chi connectivity index (χ2n) is 10.3. The van der Waals surface area contributed by atoms with E-state index in [1.807, 2.05) is 84.9 Å². The van der Waals surface area contributed by atoms with Crippen molar-refractivity contribution in [1.82, 2.24) is 15.1 Å². The van der Waals surface area contributed by atoms with Crippen molar-refractivity contribution in [3.8, 4) is 11.1 Å². The molecule has 0 radical (unpaired) electrons. The van der Waals surface area contributed by atoms with E-state index in [1.165, 1.54) is 7.05 Å². The summed E-state index contributed by atoms with van der Waals surface area (Å²) in [4.78, 5) is 26.3. The summed E-state index contributed by atoms with van der Waals surface area (Å²) in [5, 5.41) is 22.3. The average Bonchev–Trinajstić information content (AvgIpc) is 2.98. The number of rotatable bonds is 15. The van der Waals surface area contributed by atoms with Crippen LogP contribution in [-0.2, 0) is 32.5 Å². The van der Waals surface area contributed by atoms with Crippen LogP contribution in [0.15, 0.2) is 84.9 Å². The number of nitrogens with zero attached hydrogens (tertiary/aromatic N) is 1. The number of aliphatic hydroxyl groups is 1. The van der Waals surface area contributed by atoms with Gasteiger partial charge in [-0.25, -0.2) is 18.2 Å². The molecule has 0 bridgehead atoms. The largest absolute Gasteiger partial charge is 0.394 e. The first kappa shape index (κ1) is 32.0. The molecule has 0 aromatic heterocycles. The molecule has 3 aromatic rings. The fourth-order valence-electron chi connectivity index (χ4n) is 4.79. The van der Waals surface area contributed by atoms with Crippen LogP contribution in [0.4, 0.5) is 0 Å². The van der Waals surface area contributed by atoms with E-state index in [2.05, 4.69) is 5.32 Å². The van der Waals surface area contributed by atoms with Crippen LogP contribution in [0.1, 0.15) is 24.0 Å². The van der Waals surface area contributed by atoms with Crippen LogP contribution in [-0.4, -0.2) is 67.3 Å². The van der Waals surface area contributed by atoms with Crippen molar-refractivity contribution in [2.24, 2.45) is 11.8 Å². The van der Waals surface area contributed by atoms with Crippen LogP contribution in [0.5, 0.6) is 0 Å². The summed E-state index contributed by atoms with van der Waals surface area (Å²) in [6, 6.07) is 26.9. The van der Waals surface area contributed by atoms with Gasteiger partial charge in [-0.2, -0.15) is 0 Å². The van der Waals surface area contributed by atoms with Crippen LogP contribution in [0.2, 0.25) is 0 Å². The molecule has 3 atom stereocenters. The first-order valence-corrected chi connectivity index (χ1v) is 15.4. The van der Waals surface area contributed by atoms with Gasteiger partial charge in [0.15, 0.2) is 0 Å². The highest BCUT2D eigenvalue weighted by molar-refractivity contribution is 7.88. The second-order valence-corrected chi connectivity index (χ2v) is 12.4. The Bertz CT molecular complexity index is 1350. The maximum absolute atomic E-state index is 13.6. The van der Waals surface area contributed by atoms with Crippen molar-refractivity contribution in [2.45, 2.75) is 31.7 Å². The molecular weight excluding hydrogens is 542 g/mol. The Balaban J connectivity index is 1.77. The highest BCUT2D eigenvalue weighted by atomic mass is 32.2. The molecule has 3 aromatic carbocycles. The molecule has 9 nitrogen and oxygen atoms in total. The minimum absolute atomic E-state index is 0.255. The zero-order valence-corrected chi connectivity index (χ0v) is 24.3. The number of hydrogen-bond acceptors (Lipinski definition) is 6. The predicted molar refractivity (Wildman–Crippen MR) is 158 cm³/mol. The van der Waals surface area contributed by atoms with Gasteiger partial charge in [0.05, 0.1) is 30.7 Å². The molecule has 0 aliphatic heterocycles. The molecule has 0 fully saturated rings. The number of amides is 2. The van der Waals surface area contributed by atoms with E-state index in [-0.39, 0.29) is 19.6 Å². The monoisotopic (exact) mass is 581 g/mol. The quantitative estimate of drug-likeness (QED) is 0.161. The van der Waals surface area contributed by atoms with Crippen molar-refractivity contribution in [3.05, 3.63) is 96.1 Å². The SMILES string of the molecule is CN(C[C@H](C(=O)NO)C(CCCc1ccc(-c2ccccc2)cc1)C(=O)N[C@H](CO)Cc1ccccc1)S(C)(=O)=O. The summed E-state index contributed by atoms with van der Waals surface area (Å²) in [6.07, 6.45) is 2.80.